The third-order valence-electron chi connectivity index (χ3n) is 3.56. The van der Waals surface area contributed by atoms with Crippen molar-refractivity contribution in [3.63, 3.8) is 0 Å². The molecule has 3 heteroatoms. The van der Waals surface area contributed by atoms with E-state index in [-0.39, 0.29) is 5.54 Å². The fourth-order valence-corrected chi connectivity index (χ4v) is 2.53. The summed E-state index contributed by atoms with van der Waals surface area (Å²) in [7, 11) is 0. The van der Waals surface area contributed by atoms with Gasteiger partial charge in [0.1, 0.15) is 4.99 Å². The number of rotatable bonds is 4. The van der Waals surface area contributed by atoms with E-state index in [0.717, 1.165) is 22.7 Å². The van der Waals surface area contributed by atoms with Crippen molar-refractivity contribution in [2.45, 2.75) is 39.2 Å². The van der Waals surface area contributed by atoms with Crippen LogP contribution in [0.4, 0.5) is 5.69 Å². The van der Waals surface area contributed by atoms with Crippen molar-refractivity contribution in [1.29, 1.82) is 0 Å². The van der Waals surface area contributed by atoms with Crippen LogP contribution in [0.25, 0.3) is 0 Å². The Bertz CT molecular complexity index is 448. The van der Waals surface area contributed by atoms with Crippen LogP contribution in [0.3, 0.4) is 0 Å². The highest BCUT2D eigenvalue weighted by atomic mass is 32.1. The van der Waals surface area contributed by atoms with Crippen LogP contribution in [0.5, 0.6) is 0 Å². The van der Waals surface area contributed by atoms with Crippen LogP contribution in [0, 0.1) is 12.8 Å². The highest BCUT2D eigenvalue weighted by molar-refractivity contribution is 7.80. The minimum Gasteiger partial charge on any atom is -0.389 e. The highest BCUT2D eigenvalue weighted by Crippen LogP contribution is 2.41. The fraction of sp³-hybridized carbons (Fsp3) is 0.500. The zero-order chi connectivity index (χ0) is 12.6. The molecule has 1 aromatic carbocycles. The van der Waals surface area contributed by atoms with E-state index in [0.29, 0.717) is 4.99 Å². The van der Waals surface area contributed by atoms with Crippen LogP contribution in [-0.4, -0.2) is 10.5 Å². The molecule has 2 rings (SSSR count). The van der Waals surface area contributed by atoms with Gasteiger partial charge in [-0.05, 0) is 63.3 Å². The number of nitrogens with one attached hydrogen (secondary N) is 1. The van der Waals surface area contributed by atoms with Gasteiger partial charge >= 0.3 is 0 Å². The van der Waals surface area contributed by atoms with Crippen molar-refractivity contribution >= 4 is 22.9 Å². The Hall–Kier alpha value is -1.09. The average Bonchev–Trinajstić information content (AvgIpc) is 2.98. The largest absolute Gasteiger partial charge is 0.389 e. The van der Waals surface area contributed by atoms with Gasteiger partial charge < -0.3 is 11.1 Å². The number of anilines is 1. The van der Waals surface area contributed by atoms with Gasteiger partial charge in [0.05, 0.1) is 0 Å². The van der Waals surface area contributed by atoms with E-state index >= 15 is 0 Å². The SMILES string of the molecule is Cc1cc(NC(C)(C)C2CC2)ccc1C(N)=S. The van der Waals surface area contributed by atoms with Gasteiger partial charge in [-0.25, -0.2) is 0 Å². The highest BCUT2D eigenvalue weighted by Gasteiger charge is 2.37. The fourth-order valence-electron chi connectivity index (χ4n) is 2.30. The summed E-state index contributed by atoms with van der Waals surface area (Å²) in [4.78, 5) is 0.468. The molecule has 0 aliphatic heterocycles. The van der Waals surface area contributed by atoms with Gasteiger partial charge in [-0.15, -0.1) is 0 Å². The molecule has 1 fully saturated rings. The molecule has 0 spiro atoms. The van der Waals surface area contributed by atoms with E-state index in [4.69, 9.17) is 18.0 Å². The van der Waals surface area contributed by atoms with E-state index in [2.05, 4.69) is 31.3 Å². The monoisotopic (exact) mass is 248 g/mol. The molecular formula is C14H20N2S. The molecule has 1 aliphatic rings. The van der Waals surface area contributed by atoms with Crippen LogP contribution in [-0.2, 0) is 0 Å². The first-order valence-electron chi connectivity index (χ1n) is 6.09. The first-order chi connectivity index (χ1) is 7.90. The van der Waals surface area contributed by atoms with E-state index in [9.17, 15) is 0 Å². The van der Waals surface area contributed by atoms with Crippen molar-refractivity contribution in [3.05, 3.63) is 29.3 Å². The number of benzene rings is 1. The smallest absolute Gasteiger partial charge is 0.104 e. The molecule has 0 aromatic heterocycles. The Morgan fingerprint density at radius 1 is 1.41 bits per heavy atom. The van der Waals surface area contributed by atoms with Crippen LogP contribution >= 0.6 is 12.2 Å². The van der Waals surface area contributed by atoms with Crippen LogP contribution < -0.4 is 11.1 Å². The second kappa shape index (κ2) is 4.30. The average molecular weight is 248 g/mol. The van der Waals surface area contributed by atoms with E-state index in [1.54, 1.807) is 0 Å². The number of aryl methyl sites for hydroxylation is 1. The van der Waals surface area contributed by atoms with Gasteiger partial charge in [-0.1, -0.05) is 12.2 Å². The molecule has 0 saturated heterocycles. The lowest BCUT2D eigenvalue weighted by molar-refractivity contribution is 0.494. The third-order valence-corrected chi connectivity index (χ3v) is 3.78. The van der Waals surface area contributed by atoms with E-state index < -0.39 is 0 Å². The Morgan fingerprint density at radius 3 is 2.53 bits per heavy atom. The van der Waals surface area contributed by atoms with Crippen molar-refractivity contribution in [1.82, 2.24) is 0 Å². The molecule has 2 nitrogen and oxygen atoms in total. The Balaban J connectivity index is 2.17. The summed E-state index contributed by atoms with van der Waals surface area (Å²) in [5.41, 5.74) is 9.09. The molecule has 1 aromatic rings. The molecule has 1 aliphatic carbocycles. The summed E-state index contributed by atoms with van der Waals surface area (Å²) in [6.07, 6.45) is 2.67. The number of nitrogens with two attached hydrogens (primary N) is 1. The predicted molar refractivity (Wildman–Crippen MR) is 77.5 cm³/mol. The van der Waals surface area contributed by atoms with Gasteiger partial charge in [-0.2, -0.15) is 0 Å². The number of thiocarbonyl (C=S) groups is 1. The summed E-state index contributed by atoms with van der Waals surface area (Å²) in [6.45, 7) is 6.58. The molecule has 0 bridgehead atoms. The first kappa shape index (κ1) is 12.4. The van der Waals surface area contributed by atoms with Crippen molar-refractivity contribution in [2.24, 2.45) is 11.7 Å². The predicted octanol–water partition coefficient (Wildman–Crippen LogP) is 3.23. The van der Waals surface area contributed by atoms with Crippen molar-refractivity contribution < 1.29 is 0 Å². The third kappa shape index (κ3) is 2.78. The van der Waals surface area contributed by atoms with Crippen molar-refractivity contribution in [2.75, 3.05) is 5.32 Å². The van der Waals surface area contributed by atoms with E-state index in [1.165, 1.54) is 12.8 Å². The normalized spacial score (nSPS) is 15.7. The first-order valence-corrected chi connectivity index (χ1v) is 6.49. The molecule has 92 valence electrons. The Kier molecular flexibility index (Phi) is 3.13. The number of hydrogen-bond acceptors (Lipinski definition) is 2. The molecule has 0 heterocycles. The van der Waals surface area contributed by atoms with Gasteiger partial charge in [0.25, 0.3) is 0 Å². The standard InChI is InChI=1S/C14H20N2S/c1-9-8-11(6-7-12(9)13(15)17)16-14(2,3)10-4-5-10/h6-8,10,16H,4-5H2,1-3H3,(H2,15,17). The maximum absolute atomic E-state index is 5.66. The molecule has 0 amide bonds. The Labute approximate surface area is 109 Å². The van der Waals surface area contributed by atoms with Gasteiger partial charge in [0.2, 0.25) is 0 Å². The quantitative estimate of drug-likeness (QED) is 0.803. The van der Waals surface area contributed by atoms with Gasteiger partial charge in [-0.3, -0.25) is 0 Å². The van der Waals surface area contributed by atoms with Crippen molar-refractivity contribution in [3.8, 4) is 0 Å². The number of hydrogen-bond donors (Lipinski definition) is 2. The summed E-state index contributed by atoms with van der Waals surface area (Å²) in [6, 6.07) is 6.19. The lowest BCUT2D eigenvalue weighted by Gasteiger charge is -2.28. The zero-order valence-corrected chi connectivity index (χ0v) is 11.5. The second-order valence-corrected chi connectivity index (χ2v) is 5.95. The van der Waals surface area contributed by atoms with E-state index in [1.807, 2.05) is 13.0 Å². The topological polar surface area (TPSA) is 38.0 Å². The zero-order valence-electron chi connectivity index (χ0n) is 10.7. The van der Waals surface area contributed by atoms with Gasteiger partial charge in [0.15, 0.2) is 0 Å². The molecule has 0 radical (unpaired) electrons. The minimum atomic E-state index is 0.178. The molecular weight excluding hydrogens is 228 g/mol. The van der Waals surface area contributed by atoms with Crippen LogP contribution in [0.1, 0.15) is 37.8 Å². The minimum absolute atomic E-state index is 0.178. The molecule has 17 heavy (non-hydrogen) atoms. The molecule has 1 saturated carbocycles. The van der Waals surface area contributed by atoms with Crippen LogP contribution in [0.2, 0.25) is 0 Å². The maximum Gasteiger partial charge on any atom is 0.104 e. The lowest BCUT2D eigenvalue weighted by Crippen LogP contribution is -2.33. The molecule has 0 unspecified atom stereocenters. The summed E-state index contributed by atoms with van der Waals surface area (Å²) < 4.78 is 0. The maximum atomic E-state index is 5.66. The Morgan fingerprint density at radius 2 is 2.06 bits per heavy atom. The summed E-state index contributed by atoms with van der Waals surface area (Å²) in [5, 5.41) is 3.60. The second-order valence-electron chi connectivity index (χ2n) is 5.51. The summed E-state index contributed by atoms with van der Waals surface area (Å²) >= 11 is 5.01. The van der Waals surface area contributed by atoms with Gasteiger partial charge in [0, 0.05) is 16.8 Å². The molecule has 0 atom stereocenters. The molecule has 3 N–H and O–H groups in total. The van der Waals surface area contributed by atoms with Crippen LogP contribution in [0.15, 0.2) is 18.2 Å². The lowest BCUT2D eigenvalue weighted by atomic mass is 9.97. The summed E-state index contributed by atoms with van der Waals surface area (Å²) in [5.74, 6) is 0.804.